The molecule has 0 aromatic heterocycles. The Labute approximate surface area is 199 Å². The van der Waals surface area contributed by atoms with E-state index in [1.807, 2.05) is 0 Å². The van der Waals surface area contributed by atoms with Crippen LogP contribution in [0.25, 0.3) is 0 Å². The molecular weight excluding hydrogens is 475 g/mol. The van der Waals surface area contributed by atoms with Crippen LogP contribution in [0.5, 0.6) is 5.75 Å². The fourth-order valence-electron chi connectivity index (χ4n) is 3.17. The Morgan fingerprint density at radius 3 is 2.24 bits per heavy atom. The third-order valence-corrected chi connectivity index (χ3v) is 5.66. The van der Waals surface area contributed by atoms with Gasteiger partial charge in [-0.3, -0.25) is 9.59 Å². The second-order valence-electron chi connectivity index (χ2n) is 7.14. The van der Waals surface area contributed by atoms with E-state index in [1.54, 1.807) is 42.5 Å². The molecule has 1 aliphatic rings. The van der Waals surface area contributed by atoms with Crippen molar-refractivity contribution in [3.8, 4) is 5.75 Å². The number of likely N-dealkylation sites (N-methyl/N-ethyl adjacent to an activating group) is 1. The lowest BCUT2D eigenvalue weighted by atomic mass is 10.0. The first-order chi connectivity index (χ1) is 15.8. The summed E-state index contributed by atoms with van der Waals surface area (Å²) in [7, 11) is 1.40. The number of aliphatic carboxylic acids is 1. The highest BCUT2D eigenvalue weighted by molar-refractivity contribution is 6.35. The molecule has 1 saturated heterocycles. The van der Waals surface area contributed by atoms with Crippen LogP contribution in [0.4, 0.5) is 0 Å². The molecular formula is C22H22Cl2N2O7. The van der Waals surface area contributed by atoms with Gasteiger partial charge in [0, 0.05) is 29.1 Å². The van der Waals surface area contributed by atoms with E-state index in [4.69, 9.17) is 37.4 Å². The van der Waals surface area contributed by atoms with Crippen LogP contribution in [-0.2, 0) is 36.9 Å². The van der Waals surface area contributed by atoms with Crippen molar-refractivity contribution in [2.45, 2.75) is 31.3 Å². The Balaban J connectivity index is 1.60. The number of nitrogens with one attached hydrogen (secondary N) is 2. The number of amides is 2. The molecule has 3 rings (SSSR count). The van der Waals surface area contributed by atoms with Gasteiger partial charge in [-0.15, -0.1) is 0 Å². The van der Waals surface area contributed by atoms with Crippen molar-refractivity contribution >= 4 is 41.0 Å². The first-order valence-electron chi connectivity index (χ1n) is 9.92. The summed E-state index contributed by atoms with van der Waals surface area (Å²) in [6, 6.07) is 10.7. The van der Waals surface area contributed by atoms with Gasteiger partial charge in [-0.05, 0) is 29.8 Å². The molecule has 0 aliphatic carbocycles. The molecule has 0 unspecified atom stereocenters. The van der Waals surface area contributed by atoms with Gasteiger partial charge in [0.15, 0.2) is 12.2 Å². The number of hydrogen-bond acceptors (Lipinski definition) is 6. The van der Waals surface area contributed by atoms with E-state index in [-0.39, 0.29) is 19.8 Å². The molecule has 0 radical (unpaired) electrons. The molecule has 3 N–H and O–H groups in total. The first-order valence-corrected chi connectivity index (χ1v) is 10.7. The Kier molecular flexibility index (Phi) is 8.51. The highest BCUT2D eigenvalue weighted by Gasteiger charge is 2.41. The molecule has 3 atom stereocenters. The summed E-state index contributed by atoms with van der Waals surface area (Å²) in [5, 5.41) is 15.3. The number of rotatable bonds is 9. The Morgan fingerprint density at radius 1 is 1.06 bits per heavy atom. The Bertz CT molecular complexity index is 996. The highest BCUT2D eigenvalue weighted by atomic mass is 35.5. The van der Waals surface area contributed by atoms with Crippen LogP contribution in [0.15, 0.2) is 42.5 Å². The fraction of sp³-hybridized carbons (Fsp3) is 0.318. The van der Waals surface area contributed by atoms with Crippen LogP contribution in [0.2, 0.25) is 10.0 Å². The van der Waals surface area contributed by atoms with Crippen molar-refractivity contribution in [2.24, 2.45) is 0 Å². The number of carboxylic acid groups (broad SMARTS) is 1. The number of hydrogen-bond donors (Lipinski definition) is 3. The third kappa shape index (κ3) is 6.35. The maximum Gasteiger partial charge on any atom is 0.326 e. The molecule has 176 valence electrons. The van der Waals surface area contributed by atoms with E-state index in [0.717, 1.165) is 0 Å². The topological polar surface area (TPSA) is 123 Å². The summed E-state index contributed by atoms with van der Waals surface area (Å²) >= 11 is 12.3. The highest BCUT2D eigenvalue weighted by Crippen LogP contribution is 2.26. The minimum atomic E-state index is -1.24. The number of carbonyl (C=O) groups is 3. The predicted molar refractivity (Wildman–Crippen MR) is 119 cm³/mol. The molecule has 1 heterocycles. The van der Waals surface area contributed by atoms with Crippen molar-refractivity contribution < 1.29 is 33.7 Å². The average Bonchev–Trinajstić information content (AvgIpc) is 3.29. The summed E-state index contributed by atoms with van der Waals surface area (Å²) in [6.07, 6.45) is -2.37. The average molecular weight is 497 g/mol. The second kappa shape index (κ2) is 11.3. The first kappa shape index (κ1) is 24.8. The van der Waals surface area contributed by atoms with Crippen LogP contribution in [-0.4, -0.2) is 55.0 Å². The number of carboxylic acids is 1. The molecule has 2 aromatic carbocycles. The lowest BCUT2D eigenvalue weighted by Crippen LogP contribution is -2.52. The van der Waals surface area contributed by atoms with Gasteiger partial charge in [-0.25, -0.2) is 4.79 Å². The summed E-state index contributed by atoms with van der Waals surface area (Å²) in [5.41, 5.74) is 1.31. The molecule has 9 nitrogen and oxygen atoms in total. The molecule has 2 amide bonds. The molecule has 0 bridgehead atoms. The quantitative estimate of drug-likeness (QED) is 0.485. The van der Waals surface area contributed by atoms with Crippen LogP contribution in [0, 0.1) is 0 Å². The van der Waals surface area contributed by atoms with Crippen LogP contribution in [0.1, 0.15) is 11.1 Å². The lowest BCUT2D eigenvalue weighted by molar-refractivity contribution is -0.144. The molecule has 1 fully saturated rings. The van der Waals surface area contributed by atoms with E-state index in [9.17, 15) is 19.5 Å². The lowest BCUT2D eigenvalue weighted by Gasteiger charge is -2.19. The van der Waals surface area contributed by atoms with E-state index in [0.29, 0.717) is 26.9 Å². The number of halogens is 2. The van der Waals surface area contributed by atoms with Crippen LogP contribution in [0.3, 0.4) is 0 Å². The SMILES string of the molecule is CNC(=O)[C@@H]1OCO[C@H]1C(=O)N[C@@H](Cc1ccc(OCc2c(Cl)cccc2Cl)cc1)C(=O)O. The van der Waals surface area contributed by atoms with Gasteiger partial charge in [0.05, 0.1) is 0 Å². The van der Waals surface area contributed by atoms with Gasteiger partial charge in [-0.1, -0.05) is 41.4 Å². The Hall–Kier alpha value is -2.85. The molecule has 0 spiro atoms. The minimum absolute atomic E-state index is 0.00983. The molecule has 33 heavy (non-hydrogen) atoms. The maximum atomic E-state index is 12.5. The number of benzene rings is 2. The number of ether oxygens (including phenoxy) is 3. The Morgan fingerprint density at radius 2 is 1.67 bits per heavy atom. The zero-order chi connectivity index (χ0) is 24.0. The van der Waals surface area contributed by atoms with Crippen LogP contribution < -0.4 is 15.4 Å². The zero-order valence-corrected chi connectivity index (χ0v) is 19.1. The second-order valence-corrected chi connectivity index (χ2v) is 7.96. The molecule has 1 aliphatic heterocycles. The van der Waals surface area contributed by atoms with Gasteiger partial charge in [-0.2, -0.15) is 0 Å². The van der Waals surface area contributed by atoms with Gasteiger partial charge >= 0.3 is 5.97 Å². The molecule has 2 aromatic rings. The van der Waals surface area contributed by atoms with Crippen molar-refractivity contribution in [1.82, 2.24) is 10.6 Å². The predicted octanol–water partition coefficient (Wildman–Crippen LogP) is 2.17. The van der Waals surface area contributed by atoms with E-state index in [2.05, 4.69) is 10.6 Å². The van der Waals surface area contributed by atoms with Crippen molar-refractivity contribution in [3.05, 3.63) is 63.6 Å². The smallest absolute Gasteiger partial charge is 0.326 e. The van der Waals surface area contributed by atoms with Crippen molar-refractivity contribution in [3.63, 3.8) is 0 Å². The van der Waals surface area contributed by atoms with Gasteiger partial charge in [0.1, 0.15) is 25.2 Å². The standard InChI is InChI=1S/C22H22Cl2N2O7/c1-25-20(27)18-19(33-11-32-18)21(28)26-17(22(29)30)9-12-5-7-13(8-6-12)31-10-14-15(23)3-2-4-16(14)24/h2-8,17-19H,9-11H2,1H3,(H,25,27)(H,26,28)(H,29,30)/t17-,18+,19+/m0/s1. The van der Waals surface area contributed by atoms with E-state index >= 15 is 0 Å². The summed E-state index contributed by atoms with van der Waals surface area (Å²) < 4.78 is 16.0. The zero-order valence-electron chi connectivity index (χ0n) is 17.5. The number of carbonyl (C=O) groups excluding carboxylic acids is 2. The monoisotopic (exact) mass is 496 g/mol. The minimum Gasteiger partial charge on any atom is -0.489 e. The van der Waals surface area contributed by atoms with Crippen molar-refractivity contribution in [2.75, 3.05) is 13.8 Å². The van der Waals surface area contributed by atoms with Crippen LogP contribution >= 0.6 is 23.2 Å². The maximum absolute atomic E-state index is 12.5. The van der Waals surface area contributed by atoms with E-state index in [1.165, 1.54) is 7.05 Å². The third-order valence-electron chi connectivity index (χ3n) is 4.96. The largest absolute Gasteiger partial charge is 0.489 e. The molecule has 0 saturated carbocycles. The normalized spacial score (nSPS) is 18.4. The van der Waals surface area contributed by atoms with Gasteiger partial charge in [0.2, 0.25) is 0 Å². The van der Waals surface area contributed by atoms with Gasteiger partial charge in [0.25, 0.3) is 11.8 Å². The summed E-state index contributed by atoms with van der Waals surface area (Å²) in [4.78, 5) is 36.0. The molecule has 11 heteroatoms. The fourth-order valence-corrected chi connectivity index (χ4v) is 3.67. The van der Waals surface area contributed by atoms with Gasteiger partial charge < -0.3 is 30.0 Å². The van der Waals surface area contributed by atoms with E-state index < -0.39 is 36.0 Å². The summed E-state index contributed by atoms with van der Waals surface area (Å²) in [5.74, 6) is -1.97. The van der Waals surface area contributed by atoms with Crippen molar-refractivity contribution in [1.29, 1.82) is 0 Å². The summed E-state index contributed by atoms with van der Waals surface area (Å²) in [6.45, 7) is -0.0730.